The quantitative estimate of drug-likeness (QED) is 0.742. The Hall–Kier alpha value is -0.0500. The van der Waals surface area contributed by atoms with Crippen molar-refractivity contribution in [1.82, 2.24) is 4.90 Å². The number of benzene rings is 1. The number of hydrogen-bond acceptors (Lipinski definition) is 1. The van der Waals surface area contributed by atoms with Gasteiger partial charge in [0.2, 0.25) is 0 Å². The normalized spacial score (nSPS) is 13.1. The first-order valence-corrected chi connectivity index (χ1v) is 6.44. The Morgan fingerprint density at radius 1 is 1.33 bits per heavy atom. The largest absolute Gasteiger partial charge is 0.302 e. The van der Waals surface area contributed by atoms with Crippen molar-refractivity contribution in [2.75, 3.05) is 13.6 Å². The Morgan fingerprint density at radius 2 is 1.93 bits per heavy atom. The molecule has 1 aromatic carbocycles. The molecule has 1 atom stereocenters. The minimum Gasteiger partial charge on any atom is -0.302 e. The number of rotatable bonds is 5. The van der Waals surface area contributed by atoms with Gasteiger partial charge in [0.05, 0.1) is 0 Å². The first kappa shape index (κ1) is 13.0. The van der Waals surface area contributed by atoms with Crippen molar-refractivity contribution in [3.8, 4) is 0 Å². The molecule has 0 saturated heterocycles. The third kappa shape index (κ3) is 5.55. The third-order valence-electron chi connectivity index (χ3n) is 2.27. The van der Waals surface area contributed by atoms with Crippen LogP contribution in [0.3, 0.4) is 0 Å². The molecule has 0 spiro atoms. The van der Waals surface area contributed by atoms with Crippen molar-refractivity contribution in [2.24, 2.45) is 0 Å². The second-order valence-corrected chi connectivity index (χ2v) is 5.93. The van der Waals surface area contributed by atoms with E-state index in [-0.39, 0.29) is 0 Å². The molecule has 0 aromatic heterocycles. The van der Waals surface area contributed by atoms with Crippen molar-refractivity contribution in [2.45, 2.75) is 24.7 Å². The van der Waals surface area contributed by atoms with Gasteiger partial charge in [-0.05, 0) is 37.7 Å². The summed E-state index contributed by atoms with van der Waals surface area (Å²) >= 11 is 9.38. The molecule has 3 heteroatoms. The van der Waals surface area contributed by atoms with Crippen LogP contribution in [0.5, 0.6) is 0 Å². The van der Waals surface area contributed by atoms with Crippen molar-refractivity contribution in [3.63, 3.8) is 0 Å². The van der Waals surface area contributed by atoms with Crippen molar-refractivity contribution >= 4 is 27.5 Å². The Balaban J connectivity index is 2.37. The van der Waals surface area contributed by atoms with Crippen LogP contribution in [-0.4, -0.2) is 23.3 Å². The molecule has 0 aliphatic carbocycles. The van der Waals surface area contributed by atoms with E-state index in [9.17, 15) is 0 Å². The van der Waals surface area contributed by atoms with Crippen LogP contribution in [0.1, 0.15) is 18.9 Å². The molecule has 0 bridgehead atoms. The molecule has 15 heavy (non-hydrogen) atoms. The van der Waals surface area contributed by atoms with Crippen LogP contribution < -0.4 is 0 Å². The molecule has 84 valence electrons. The van der Waals surface area contributed by atoms with Crippen LogP contribution in [0, 0.1) is 0 Å². The lowest BCUT2D eigenvalue weighted by molar-refractivity contribution is 0.323. The second kappa shape index (κ2) is 6.51. The first-order chi connectivity index (χ1) is 7.08. The topological polar surface area (TPSA) is 3.24 Å². The van der Waals surface area contributed by atoms with Gasteiger partial charge in [-0.3, -0.25) is 0 Å². The van der Waals surface area contributed by atoms with Crippen LogP contribution in [0.15, 0.2) is 24.3 Å². The summed E-state index contributed by atoms with van der Waals surface area (Å²) in [4.78, 5) is 2.91. The molecule has 1 nitrogen and oxygen atoms in total. The molecule has 1 rings (SSSR count). The zero-order valence-electron chi connectivity index (χ0n) is 9.21. The van der Waals surface area contributed by atoms with E-state index in [1.165, 1.54) is 12.0 Å². The molecule has 1 unspecified atom stereocenters. The molecule has 0 fully saturated rings. The lowest BCUT2D eigenvalue weighted by atomic mass is 10.2. The number of halogens is 2. The van der Waals surface area contributed by atoms with Gasteiger partial charge >= 0.3 is 0 Å². The third-order valence-corrected chi connectivity index (χ3v) is 2.98. The van der Waals surface area contributed by atoms with Gasteiger partial charge in [0.25, 0.3) is 0 Å². The number of hydrogen-bond donors (Lipinski definition) is 0. The standard InChI is InChI=1S/C12H17BrClN/c1-10(13)7-8-15(2)9-11-3-5-12(14)6-4-11/h3-6,10H,7-9H2,1-2H3. The van der Waals surface area contributed by atoms with Gasteiger partial charge in [0.15, 0.2) is 0 Å². The van der Waals surface area contributed by atoms with Gasteiger partial charge in [-0.1, -0.05) is 46.6 Å². The zero-order valence-corrected chi connectivity index (χ0v) is 11.6. The highest BCUT2D eigenvalue weighted by molar-refractivity contribution is 9.09. The monoisotopic (exact) mass is 289 g/mol. The Labute approximate surface area is 106 Å². The summed E-state index contributed by atoms with van der Waals surface area (Å²) in [6.45, 7) is 4.27. The number of alkyl halides is 1. The van der Waals surface area contributed by atoms with Gasteiger partial charge in [0.1, 0.15) is 0 Å². The SMILES string of the molecule is CC(Br)CCN(C)Cc1ccc(Cl)cc1. The van der Waals surface area contributed by atoms with Gasteiger partial charge < -0.3 is 4.90 Å². The molecule has 0 N–H and O–H groups in total. The molecule has 0 aliphatic rings. The van der Waals surface area contributed by atoms with Crippen LogP contribution in [-0.2, 0) is 6.54 Å². The van der Waals surface area contributed by atoms with E-state index >= 15 is 0 Å². The van der Waals surface area contributed by atoms with Crippen molar-refractivity contribution < 1.29 is 0 Å². The Morgan fingerprint density at radius 3 is 2.47 bits per heavy atom. The predicted molar refractivity (Wildman–Crippen MR) is 70.8 cm³/mol. The van der Waals surface area contributed by atoms with Crippen LogP contribution in [0.4, 0.5) is 0 Å². The fourth-order valence-corrected chi connectivity index (χ4v) is 1.71. The highest BCUT2D eigenvalue weighted by Crippen LogP contribution is 2.11. The molecular formula is C12H17BrClN. The Bertz CT molecular complexity index is 284. The van der Waals surface area contributed by atoms with E-state index < -0.39 is 0 Å². The summed E-state index contributed by atoms with van der Waals surface area (Å²) in [5.74, 6) is 0. The average Bonchev–Trinajstić information content (AvgIpc) is 2.19. The molecule has 0 saturated carbocycles. The van der Waals surface area contributed by atoms with Crippen LogP contribution in [0.2, 0.25) is 5.02 Å². The van der Waals surface area contributed by atoms with Gasteiger partial charge in [-0.25, -0.2) is 0 Å². The van der Waals surface area contributed by atoms with E-state index in [0.717, 1.165) is 18.1 Å². The minimum absolute atomic E-state index is 0.588. The van der Waals surface area contributed by atoms with Crippen molar-refractivity contribution in [3.05, 3.63) is 34.9 Å². The summed E-state index contributed by atoms with van der Waals surface area (Å²) in [5.41, 5.74) is 1.31. The van der Waals surface area contributed by atoms with Gasteiger partial charge in [-0.15, -0.1) is 0 Å². The lowest BCUT2D eigenvalue weighted by Crippen LogP contribution is -2.20. The maximum absolute atomic E-state index is 5.83. The zero-order chi connectivity index (χ0) is 11.3. The summed E-state index contributed by atoms with van der Waals surface area (Å²) in [5, 5.41) is 0.801. The predicted octanol–water partition coefficient (Wildman–Crippen LogP) is 3.95. The fraction of sp³-hybridized carbons (Fsp3) is 0.500. The van der Waals surface area contributed by atoms with E-state index in [0.29, 0.717) is 4.83 Å². The summed E-state index contributed by atoms with van der Waals surface area (Å²) in [6, 6.07) is 8.04. The maximum atomic E-state index is 5.83. The Kier molecular flexibility index (Phi) is 5.65. The summed E-state index contributed by atoms with van der Waals surface area (Å²) in [7, 11) is 2.14. The molecule has 0 radical (unpaired) electrons. The van der Waals surface area contributed by atoms with E-state index in [1.54, 1.807) is 0 Å². The van der Waals surface area contributed by atoms with E-state index in [2.05, 4.69) is 46.9 Å². The molecule has 1 aromatic rings. The first-order valence-electron chi connectivity index (χ1n) is 5.15. The maximum Gasteiger partial charge on any atom is 0.0406 e. The van der Waals surface area contributed by atoms with E-state index in [4.69, 9.17) is 11.6 Å². The van der Waals surface area contributed by atoms with Gasteiger partial charge in [0, 0.05) is 16.4 Å². The van der Waals surface area contributed by atoms with Crippen molar-refractivity contribution in [1.29, 1.82) is 0 Å². The van der Waals surface area contributed by atoms with Gasteiger partial charge in [-0.2, -0.15) is 0 Å². The molecular weight excluding hydrogens is 273 g/mol. The van der Waals surface area contributed by atoms with Crippen LogP contribution >= 0.6 is 27.5 Å². The molecule has 0 amide bonds. The fourth-order valence-electron chi connectivity index (χ4n) is 1.38. The molecule has 0 heterocycles. The second-order valence-electron chi connectivity index (χ2n) is 3.93. The summed E-state index contributed by atoms with van der Waals surface area (Å²) in [6.07, 6.45) is 1.17. The van der Waals surface area contributed by atoms with E-state index in [1.807, 2.05) is 12.1 Å². The average molecular weight is 291 g/mol. The summed E-state index contributed by atoms with van der Waals surface area (Å²) < 4.78 is 0. The minimum atomic E-state index is 0.588. The van der Waals surface area contributed by atoms with Crippen LogP contribution in [0.25, 0.3) is 0 Å². The lowest BCUT2D eigenvalue weighted by Gasteiger charge is -2.17. The highest BCUT2D eigenvalue weighted by atomic mass is 79.9. The smallest absolute Gasteiger partial charge is 0.0406 e. The number of nitrogens with zero attached hydrogens (tertiary/aromatic N) is 1. The highest BCUT2D eigenvalue weighted by Gasteiger charge is 2.02. The molecule has 0 aliphatic heterocycles.